The first kappa shape index (κ1) is 21.0. The number of amides is 2. The molecule has 8 nitrogen and oxygen atoms in total. The van der Waals surface area contributed by atoms with Gasteiger partial charge in [-0.25, -0.2) is 4.57 Å². The maximum absolute atomic E-state index is 12.6. The van der Waals surface area contributed by atoms with E-state index in [0.717, 1.165) is 4.88 Å². The van der Waals surface area contributed by atoms with E-state index < -0.39 is 23.3 Å². The molecule has 152 valence electrons. The molecule has 0 radical (unpaired) electrons. The molecule has 0 aromatic carbocycles. The molecule has 0 spiro atoms. The lowest BCUT2D eigenvalue weighted by molar-refractivity contribution is -0.689. The number of pyridine rings is 1. The van der Waals surface area contributed by atoms with Crippen molar-refractivity contribution in [2.45, 2.75) is 24.4 Å². The van der Waals surface area contributed by atoms with Crippen LogP contribution in [0.25, 0.3) is 0 Å². The first-order valence-electron chi connectivity index (χ1n) is 8.68. The number of β-lactam (4-membered cyclic amide) rings is 1. The second-order valence-electron chi connectivity index (χ2n) is 6.50. The van der Waals surface area contributed by atoms with Gasteiger partial charge in [-0.15, -0.1) is 23.1 Å². The molecule has 29 heavy (non-hydrogen) atoms. The Morgan fingerprint density at radius 2 is 2.00 bits per heavy atom. The van der Waals surface area contributed by atoms with Crippen molar-refractivity contribution in [3.05, 3.63) is 64.3 Å². The summed E-state index contributed by atoms with van der Waals surface area (Å²) < 4.78 is 1.85. The fraction of sp³-hybridized carbons (Fsp3) is 0.263. The van der Waals surface area contributed by atoms with Gasteiger partial charge >= 0.3 is 0 Å². The van der Waals surface area contributed by atoms with Crippen molar-refractivity contribution in [1.29, 1.82) is 0 Å². The molecule has 0 aliphatic carbocycles. The van der Waals surface area contributed by atoms with E-state index in [9.17, 15) is 19.5 Å². The summed E-state index contributed by atoms with van der Waals surface area (Å²) in [6.45, 7) is 0.364. The van der Waals surface area contributed by atoms with E-state index in [2.05, 4.69) is 5.32 Å². The number of carbonyl (C=O) groups is 3. The van der Waals surface area contributed by atoms with Gasteiger partial charge < -0.3 is 20.7 Å². The number of hydrogen-bond acceptors (Lipinski definition) is 6. The first-order valence-corrected chi connectivity index (χ1v) is 10.6. The maximum Gasteiger partial charge on any atom is 0.253 e. The van der Waals surface area contributed by atoms with Gasteiger partial charge in [-0.2, -0.15) is 0 Å². The third kappa shape index (κ3) is 4.19. The Morgan fingerprint density at radius 1 is 1.24 bits per heavy atom. The van der Waals surface area contributed by atoms with Crippen LogP contribution < -0.4 is 15.0 Å². The fourth-order valence-electron chi connectivity index (χ4n) is 3.35. The van der Waals surface area contributed by atoms with Crippen LogP contribution in [0, 0.1) is 0 Å². The Balaban J connectivity index is 0.00000240. The lowest BCUT2D eigenvalue weighted by atomic mass is 10.0. The normalized spacial score (nSPS) is 20.4. The van der Waals surface area contributed by atoms with Crippen LogP contribution in [0.1, 0.15) is 4.88 Å². The average molecular weight is 434 g/mol. The molecule has 2 aliphatic rings. The van der Waals surface area contributed by atoms with Crippen molar-refractivity contribution in [2.24, 2.45) is 0 Å². The van der Waals surface area contributed by atoms with Crippen LogP contribution in [0.3, 0.4) is 0 Å². The Labute approximate surface area is 175 Å². The molecule has 4 rings (SSSR count). The second-order valence-corrected chi connectivity index (χ2v) is 8.64. The molecule has 2 aromatic heterocycles. The molecular formula is C19H19N3O5S2. The SMILES string of the molecule is O.O=C(Cc1cccs1)NC1C(=O)N2C(C(=O)[O-])=C(C[n+]3ccccc3)CSC12. The van der Waals surface area contributed by atoms with E-state index in [-0.39, 0.29) is 23.5 Å². The predicted molar refractivity (Wildman–Crippen MR) is 105 cm³/mol. The molecule has 2 atom stereocenters. The number of fused-ring (bicyclic) bond motifs is 1. The maximum atomic E-state index is 12.6. The van der Waals surface area contributed by atoms with E-state index in [1.54, 1.807) is 0 Å². The van der Waals surface area contributed by atoms with E-state index in [1.165, 1.54) is 28.0 Å². The number of nitrogens with one attached hydrogen (secondary N) is 1. The molecule has 10 heteroatoms. The summed E-state index contributed by atoms with van der Waals surface area (Å²) >= 11 is 2.93. The number of aliphatic carboxylic acids is 1. The Morgan fingerprint density at radius 3 is 2.66 bits per heavy atom. The molecule has 0 bridgehead atoms. The summed E-state index contributed by atoms with van der Waals surface area (Å²) in [5, 5.41) is 16.0. The van der Waals surface area contributed by atoms with Crippen LogP contribution in [0.4, 0.5) is 0 Å². The molecule has 1 fully saturated rings. The second kappa shape index (κ2) is 8.76. The molecule has 2 unspecified atom stereocenters. The lowest BCUT2D eigenvalue weighted by Gasteiger charge is -2.50. The minimum absolute atomic E-state index is 0. The zero-order valence-electron chi connectivity index (χ0n) is 15.2. The zero-order valence-corrected chi connectivity index (χ0v) is 16.9. The highest BCUT2D eigenvalue weighted by molar-refractivity contribution is 8.00. The molecule has 2 aliphatic heterocycles. The van der Waals surface area contributed by atoms with E-state index >= 15 is 0 Å². The first-order chi connectivity index (χ1) is 13.5. The zero-order chi connectivity index (χ0) is 19.7. The van der Waals surface area contributed by atoms with Crippen molar-refractivity contribution < 1.29 is 29.5 Å². The van der Waals surface area contributed by atoms with Crippen molar-refractivity contribution in [2.75, 3.05) is 5.75 Å². The Hall–Kier alpha value is -2.69. The van der Waals surface area contributed by atoms with Gasteiger partial charge in [0, 0.05) is 28.3 Å². The minimum atomic E-state index is -1.37. The molecule has 1 saturated heterocycles. The number of aromatic nitrogens is 1. The van der Waals surface area contributed by atoms with Crippen LogP contribution in [0.15, 0.2) is 59.4 Å². The smallest absolute Gasteiger partial charge is 0.253 e. The van der Waals surface area contributed by atoms with Crippen LogP contribution in [-0.2, 0) is 27.3 Å². The van der Waals surface area contributed by atoms with Gasteiger partial charge in [-0.3, -0.25) is 14.5 Å². The number of rotatable bonds is 6. The largest absolute Gasteiger partial charge is 0.543 e. The van der Waals surface area contributed by atoms with Gasteiger partial charge in [-0.1, -0.05) is 12.1 Å². The monoisotopic (exact) mass is 433 g/mol. The quantitative estimate of drug-likeness (QED) is 0.455. The highest BCUT2D eigenvalue weighted by atomic mass is 32.2. The summed E-state index contributed by atoms with van der Waals surface area (Å²) in [6, 6.07) is 8.59. The van der Waals surface area contributed by atoms with Gasteiger partial charge in [-0.05, 0) is 11.4 Å². The topological polar surface area (TPSA) is 125 Å². The van der Waals surface area contributed by atoms with E-state index in [0.29, 0.717) is 17.9 Å². The van der Waals surface area contributed by atoms with Crippen molar-refractivity contribution in [3.8, 4) is 0 Å². The molecular weight excluding hydrogens is 414 g/mol. The third-order valence-corrected chi connectivity index (χ3v) is 6.84. The van der Waals surface area contributed by atoms with Gasteiger partial charge in [0.05, 0.1) is 18.1 Å². The highest BCUT2D eigenvalue weighted by Gasteiger charge is 2.53. The third-order valence-electron chi connectivity index (χ3n) is 4.62. The summed E-state index contributed by atoms with van der Waals surface area (Å²) in [7, 11) is 0. The number of carbonyl (C=O) groups excluding carboxylic acids is 3. The number of carboxylic acid groups (broad SMARTS) is 1. The van der Waals surface area contributed by atoms with E-state index in [4.69, 9.17) is 0 Å². The van der Waals surface area contributed by atoms with Crippen LogP contribution in [0.2, 0.25) is 0 Å². The summed E-state index contributed by atoms with van der Waals surface area (Å²) in [6.07, 6.45) is 3.88. The fourth-order valence-corrected chi connectivity index (χ4v) is 5.39. The van der Waals surface area contributed by atoms with Crippen LogP contribution in [0.5, 0.6) is 0 Å². The van der Waals surface area contributed by atoms with Gasteiger partial charge in [0.1, 0.15) is 11.4 Å². The highest BCUT2D eigenvalue weighted by Crippen LogP contribution is 2.40. The van der Waals surface area contributed by atoms with E-state index in [1.807, 2.05) is 52.7 Å². The van der Waals surface area contributed by atoms with Crippen molar-refractivity contribution in [3.63, 3.8) is 0 Å². The Bertz CT molecular complexity index is 946. The molecule has 4 heterocycles. The molecule has 2 amide bonds. The average Bonchev–Trinajstić information content (AvgIpc) is 3.19. The summed E-state index contributed by atoms with van der Waals surface area (Å²) in [5.74, 6) is -1.57. The van der Waals surface area contributed by atoms with Crippen LogP contribution in [-0.4, -0.2) is 45.3 Å². The van der Waals surface area contributed by atoms with Crippen molar-refractivity contribution >= 4 is 40.9 Å². The van der Waals surface area contributed by atoms with Gasteiger partial charge in [0.15, 0.2) is 18.9 Å². The lowest BCUT2D eigenvalue weighted by Crippen LogP contribution is -2.71. The minimum Gasteiger partial charge on any atom is -0.543 e. The number of carboxylic acids is 1. The summed E-state index contributed by atoms with van der Waals surface area (Å²) in [4.78, 5) is 38.8. The Kier molecular flexibility index (Phi) is 6.36. The van der Waals surface area contributed by atoms with Gasteiger partial charge in [0.25, 0.3) is 5.91 Å². The number of nitrogens with zero attached hydrogens (tertiary/aromatic N) is 2. The standard InChI is InChI=1S/C19H17N3O4S2.H2O/c23-14(9-13-5-4-8-27-13)20-15-17(24)22-16(19(25)26)12(11-28-18(15)22)10-21-6-2-1-3-7-21;/h1-8,15,18H,9-11H2,(H-,20,23,25,26);1H2. The van der Waals surface area contributed by atoms with Gasteiger partial charge in [0.2, 0.25) is 5.91 Å². The molecule has 3 N–H and O–H groups in total. The number of thiophene rings is 1. The summed E-state index contributed by atoms with van der Waals surface area (Å²) in [5.41, 5.74) is 0.544. The molecule has 2 aromatic rings. The number of thioether (sulfide) groups is 1. The molecule has 0 saturated carbocycles. The van der Waals surface area contributed by atoms with Crippen molar-refractivity contribution in [1.82, 2.24) is 10.2 Å². The van der Waals surface area contributed by atoms with Crippen LogP contribution >= 0.6 is 23.1 Å². The predicted octanol–water partition coefficient (Wildman–Crippen LogP) is -1.14. The number of hydrogen-bond donors (Lipinski definition) is 1.